The van der Waals surface area contributed by atoms with Crippen LogP contribution in [0.25, 0.3) is 0 Å². The molecule has 92 valence electrons. The van der Waals surface area contributed by atoms with Gasteiger partial charge in [-0.1, -0.05) is 0 Å². The molecule has 0 aliphatic heterocycles. The maximum atomic E-state index is 8.66. The molecule has 0 spiro atoms. The van der Waals surface area contributed by atoms with Crippen molar-refractivity contribution in [1.82, 2.24) is 15.0 Å². The van der Waals surface area contributed by atoms with Crippen molar-refractivity contribution in [3.63, 3.8) is 0 Å². The SMILES string of the molecule is CCNc1nc(Cl)nc(N(C)C(C)CC#N)n1. The van der Waals surface area contributed by atoms with Crippen molar-refractivity contribution in [2.45, 2.75) is 26.3 Å². The average molecular weight is 255 g/mol. The lowest BCUT2D eigenvalue weighted by Crippen LogP contribution is -2.30. The van der Waals surface area contributed by atoms with Gasteiger partial charge in [-0.05, 0) is 25.4 Å². The minimum Gasteiger partial charge on any atom is -0.354 e. The van der Waals surface area contributed by atoms with E-state index in [1.54, 1.807) is 4.90 Å². The van der Waals surface area contributed by atoms with Gasteiger partial charge in [-0.2, -0.15) is 20.2 Å². The Morgan fingerprint density at radius 2 is 2.18 bits per heavy atom. The Bertz CT molecular complexity index is 416. The molecule has 0 amide bonds. The fourth-order valence-electron chi connectivity index (χ4n) is 1.20. The highest BCUT2D eigenvalue weighted by molar-refractivity contribution is 6.28. The van der Waals surface area contributed by atoms with Gasteiger partial charge in [-0.25, -0.2) is 0 Å². The van der Waals surface area contributed by atoms with Crippen molar-refractivity contribution in [2.24, 2.45) is 0 Å². The second kappa shape index (κ2) is 6.21. The zero-order valence-corrected chi connectivity index (χ0v) is 10.9. The van der Waals surface area contributed by atoms with Gasteiger partial charge in [0.15, 0.2) is 0 Å². The molecule has 1 N–H and O–H groups in total. The molecule has 0 saturated heterocycles. The summed E-state index contributed by atoms with van der Waals surface area (Å²) in [5.41, 5.74) is 0. The third-order valence-electron chi connectivity index (χ3n) is 2.29. The van der Waals surface area contributed by atoms with Gasteiger partial charge >= 0.3 is 0 Å². The van der Waals surface area contributed by atoms with E-state index in [9.17, 15) is 0 Å². The fraction of sp³-hybridized carbons (Fsp3) is 0.600. The van der Waals surface area contributed by atoms with Crippen LogP contribution in [0.5, 0.6) is 0 Å². The summed E-state index contributed by atoms with van der Waals surface area (Å²) >= 11 is 5.82. The molecule has 1 rings (SSSR count). The van der Waals surface area contributed by atoms with Crippen LogP contribution >= 0.6 is 11.6 Å². The summed E-state index contributed by atoms with van der Waals surface area (Å²) in [5, 5.41) is 11.8. The zero-order chi connectivity index (χ0) is 12.8. The first-order chi connectivity index (χ1) is 8.08. The molecule has 1 heterocycles. The topological polar surface area (TPSA) is 77.7 Å². The normalized spacial score (nSPS) is 11.7. The molecular formula is C10H15ClN6. The molecule has 1 unspecified atom stereocenters. The smallest absolute Gasteiger partial charge is 0.231 e. The third kappa shape index (κ3) is 3.71. The fourth-order valence-corrected chi connectivity index (χ4v) is 1.36. The number of halogens is 1. The van der Waals surface area contributed by atoms with E-state index in [2.05, 4.69) is 26.3 Å². The molecule has 0 aliphatic carbocycles. The Balaban J connectivity index is 2.93. The summed E-state index contributed by atoms with van der Waals surface area (Å²) in [4.78, 5) is 14.0. The summed E-state index contributed by atoms with van der Waals surface area (Å²) in [5.74, 6) is 0.905. The van der Waals surface area contributed by atoms with Crippen molar-refractivity contribution >= 4 is 23.5 Å². The van der Waals surface area contributed by atoms with Gasteiger partial charge in [-0.3, -0.25) is 0 Å². The van der Waals surface area contributed by atoms with E-state index in [4.69, 9.17) is 16.9 Å². The van der Waals surface area contributed by atoms with Gasteiger partial charge in [0.25, 0.3) is 0 Å². The van der Waals surface area contributed by atoms with Crippen molar-refractivity contribution in [1.29, 1.82) is 5.26 Å². The van der Waals surface area contributed by atoms with E-state index in [0.717, 1.165) is 0 Å². The summed E-state index contributed by atoms with van der Waals surface area (Å²) in [7, 11) is 1.82. The predicted octanol–water partition coefficient (Wildman–Crippen LogP) is 1.70. The van der Waals surface area contributed by atoms with E-state index >= 15 is 0 Å². The van der Waals surface area contributed by atoms with E-state index in [0.29, 0.717) is 24.9 Å². The lowest BCUT2D eigenvalue weighted by molar-refractivity contribution is 0.681. The molecule has 0 aromatic carbocycles. The highest BCUT2D eigenvalue weighted by Crippen LogP contribution is 2.15. The predicted molar refractivity (Wildman–Crippen MR) is 67.1 cm³/mol. The van der Waals surface area contributed by atoms with E-state index in [-0.39, 0.29) is 11.3 Å². The first-order valence-corrected chi connectivity index (χ1v) is 5.71. The molecule has 0 radical (unpaired) electrons. The number of nitrogens with zero attached hydrogens (tertiary/aromatic N) is 5. The highest BCUT2D eigenvalue weighted by Gasteiger charge is 2.14. The first-order valence-electron chi connectivity index (χ1n) is 5.33. The largest absolute Gasteiger partial charge is 0.354 e. The van der Waals surface area contributed by atoms with Gasteiger partial charge in [0.05, 0.1) is 12.5 Å². The molecular weight excluding hydrogens is 240 g/mol. The van der Waals surface area contributed by atoms with E-state index < -0.39 is 0 Å². The molecule has 7 heteroatoms. The molecule has 0 bridgehead atoms. The van der Waals surface area contributed by atoms with Gasteiger partial charge < -0.3 is 10.2 Å². The van der Waals surface area contributed by atoms with Crippen LogP contribution in [0.3, 0.4) is 0 Å². The third-order valence-corrected chi connectivity index (χ3v) is 2.46. The molecule has 1 atom stereocenters. The number of rotatable bonds is 5. The maximum Gasteiger partial charge on any atom is 0.231 e. The van der Waals surface area contributed by atoms with Gasteiger partial charge in [0.1, 0.15) is 0 Å². The van der Waals surface area contributed by atoms with E-state index in [1.165, 1.54) is 0 Å². The van der Waals surface area contributed by atoms with Crippen molar-refractivity contribution < 1.29 is 0 Å². The Labute approximate surface area is 106 Å². The second-order valence-corrected chi connectivity index (χ2v) is 3.92. The number of hydrogen-bond acceptors (Lipinski definition) is 6. The number of anilines is 2. The molecule has 6 nitrogen and oxygen atoms in total. The lowest BCUT2D eigenvalue weighted by atomic mass is 10.2. The second-order valence-electron chi connectivity index (χ2n) is 3.58. The Morgan fingerprint density at radius 3 is 2.76 bits per heavy atom. The summed E-state index contributed by atoms with van der Waals surface area (Å²) in [6.07, 6.45) is 0.399. The van der Waals surface area contributed by atoms with Crippen LogP contribution in [0, 0.1) is 11.3 Å². The summed E-state index contributed by atoms with van der Waals surface area (Å²) in [6.45, 7) is 4.57. The van der Waals surface area contributed by atoms with Crippen LogP contribution in [0.2, 0.25) is 5.28 Å². The zero-order valence-electron chi connectivity index (χ0n) is 10.1. The Hall–Kier alpha value is -1.61. The Kier molecular flexibility index (Phi) is 4.91. The minimum absolute atomic E-state index is 0.0212. The summed E-state index contributed by atoms with van der Waals surface area (Å²) in [6, 6.07) is 2.13. The molecule has 1 aromatic rings. The van der Waals surface area contributed by atoms with Gasteiger partial charge in [0.2, 0.25) is 17.2 Å². The number of nitriles is 1. The number of aromatic nitrogens is 3. The first kappa shape index (κ1) is 13.5. The van der Waals surface area contributed by atoms with Crippen LogP contribution in [0.4, 0.5) is 11.9 Å². The van der Waals surface area contributed by atoms with Crippen molar-refractivity contribution in [3.8, 4) is 6.07 Å². The number of hydrogen-bond donors (Lipinski definition) is 1. The minimum atomic E-state index is 0.0212. The van der Waals surface area contributed by atoms with E-state index in [1.807, 2.05) is 20.9 Å². The monoisotopic (exact) mass is 254 g/mol. The summed E-state index contributed by atoms with van der Waals surface area (Å²) < 4.78 is 0. The van der Waals surface area contributed by atoms with Crippen LogP contribution in [0.15, 0.2) is 0 Å². The quantitative estimate of drug-likeness (QED) is 0.862. The average Bonchev–Trinajstić information content (AvgIpc) is 2.28. The van der Waals surface area contributed by atoms with Crippen LogP contribution in [0.1, 0.15) is 20.3 Å². The van der Waals surface area contributed by atoms with Gasteiger partial charge in [-0.15, -0.1) is 0 Å². The Morgan fingerprint density at radius 1 is 1.47 bits per heavy atom. The van der Waals surface area contributed by atoms with Crippen LogP contribution < -0.4 is 10.2 Å². The van der Waals surface area contributed by atoms with Crippen LogP contribution in [-0.4, -0.2) is 34.6 Å². The molecule has 0 saturated carbocycles. The standard InChI is InChI=1S/C10H15ClN6/c1-4-13-9-14-8(11)15-10(16-9)17(3)7(2)5-6-12/h7H,4-5H2,1-3H3,(H,13,14,15,16). The molecule has 0 aliphatic rings. The highest BCUT2D eigenvalue weighted by atomic mass is 35.5. The van der Waals surface area contributed by atoms with Crippen molar-refractivity contribution in [2.75, 3.05) is 23.8 Å². The molecule has 0 fully saturated rings. The van der Waals surface area contributed by atoms with Crippen LogP contribution in [-0.2, 0) is 0 Å². The molecule has 17 heavy (non-hydrogen) atoms. The molecule has 1 aromatic heterocycles. The lowest BCUT2D eigenvalue weighted by Gasteiger charge is -2.22. The van der Waals surface area contributed by atoms with Crippen molar-refractivity contribution in [3.05, 3.63) is 5.28 Å². The number of nitrogens with one attached hydrogen (secondary N) is 1. The van der Waals surface area contributed by atoms with Gasteiger partial charge in [0, 0.05) is 19.6 Å². The maximum absolute atomic E-state index is 8.66.